The number of terminal acetylenes is 2. The van der Waals surface area contributed by atoms with Crippen LogP contribution in [0.1, 0.15) is 11.9 Å². The maximum Gasteiger partial charge on any atom is 0.184 e. The monoisotopic (exact) mass is 344 g/mol. The molecule has 1 N–H and O–H groups in total. The fourth-order valence-electron chi connectivity index (χ4n) is 3.00. The Morgan fingerprint density at radius 2 is 1.72 bits per heavy atom. The van der Waals surface area contributed by atoms with Crippen LogP contribution in [0, 0.1) is 24.7 Å². The van der Waals surface area contributed by atoms with Crippen molar-refractivity contribution < 1.29 is 28.8 Å². The molecule has 1 aromatic carbocycles. The van der Waals surface area contributed by atoms with Crippen molar-refractivity contribution in [1.82, 2.24) is 0 Å². The van der Waals surface area contributed by atoms with Crippen LogP contribution in [-0.4, -0.2) is 55.6 Å². The van der Waals surface area contributed by atoms with Gasteiger partial charge in [-0.3, -0.25) is 0 Å². The molecular weight excluding hydrogens is 324 g/mol. The summed E-state index contributed by atoms with van der Waals surface area (Å²) >= 11 is 0. The van der Waals surface area contributed by atoms with Crippen molar-refractivity contribution in [3.8, 4) is 24.7 Å². The summed E-state index contributed by atoms with van der Waals surface area (Å²) in [6.45, 7) is 0.312. The van der Waals surface area contributed by atoms with Gasteiger partial charge in [-0.25, -0.2) is 0 Å². The largest absolute Gasteiger partial charge is 0.366 e. The van der Waals surface area contributed by atoms with Crippen LogP contribution in [0.5, 0.6) is 0 Å². The minimum absolute atomic E-state index is 0.0109. The molecule has 2 aliphatic rings. The summed E-state index contributed by atoms with van der Waals surface area (Å²) in [6.07, 6.45) is 6.33. The highest BCUT2D eigenvalue weighted by atomic mass is 16.7. The van der Waals surface area contributed by atoms with Gasteiger partial charge < -0.3 is 28.8 Å². The highest BCUT2D eigenvalue weighted by Crippen LogP contribution is 2.35. The van der Waals surface area contributed by atoms with Crippen molar-refractivity contribution in [1.29, 1.82) is 0 Å². The van der Waals surface area contributed by atoms with E-state index in [1.807, 2.05) is 30.3 Å². The molecular formula is C19H20O6. The lowest BCUT2D eigenvalue weighted by Gasteiger charge is -2.47. The molecule has 2 saturated heterocycles. The minimum atomic E-state index is -1.21. The van der Waals surface area contributed by atoms with Crippen LogP contribution in [0.3, 0.4) is 0 Å². The third-order valence-electron chi connectivity index (χ3n) is 4.09. The molecule has 2 aliphatic heterocycles. The molecule has 0 aromatic heterocycles. The summed E-state index contributed by atoms with van der Waals surface area (Å²) in [7, 11) is 0. The first-order chi connectivity index (χ1) is 12.2. The van der Waals surface area contributed by atoms with E-state index in [9.17, 15) is 5.11 Å². The zero-order valence-corrected chi connectivity index (χ0v) is 13.6. The fourth-order valence-corrected chi connectivity index (χ4v) is 3.00. The normalized spacial score (nSPS) is 34.5. The zero-order valence-electron chi connectivity index (χ0n) is 13.6. The highest BCUT2D eigenvalue weighted by molar-refractivity contribution is 5.16. The van der Waals surface area contributed by atoms with E-state index in [1.54, 1.807) is 0 Å². The Labute approximate surface area is 147 Å². The highest BCUT2D eigenvalue weighted by Gasteiger charge is 2.50. The molecule has 2 fully saturated rings. The number of benzene rings is 1. The zero-order chi connectivity index (χ0) is 17.6. The molecule has 0 amide bonds. The van der Waals surface area contributed by atoms with Gasteiger partial charge in [-0.2, -0.15) is 0 Å². The van der Waals surface area contributed by atoms with E-state index < -0.39 is 37.0 Å². The van der Waals surface area contributed by atoms with Crippen molar-refractivity contribution in [3.05, 3.63) is 35.9 Å². The van der Waals surface area contributed by atoms with Gasteiger partial charge in [-0.15, -0.1) is 12.8 Å². The van der Waals surface area contributed by atoms with Gasteiger partial charge in [0.15, 0.2) is 12.6 Å². The summed E-state index contributed by atoms with van der Waals surface area (Å²) < 4.78 is 28.6. The van der Waals surface area contributed by atoms with E-state index in [0.717, 1.165) is 5.56 Å². The lowest BCUT2D eigenvalue weighted by atomic mass is 9.97. The van der Waals surface area contributed by atoms with Crippen LogP contribution >= 0.6 is 0 Å². The number of hydrogen-bond donors (Lipinski definition) is 1. The first-order valence-corrected chi connectivity index (χ1v) is 8.00. The van der Waals surface area contributed by atoms with Gasteiger partial charge in [0.1, 0.15) is 37.6 Å². The Balaban J connectivity index is 1.79. The summed E-state index contributed by atoms with van der Waals surface area (Å²) in [5.41, 5.74) is 0.879. The van der Waals surface area contributed by atoms with Crippen molar-refractivity contribution in [2.75, 3.05) is 19.8 Å². The van der Waals surface area contributed by atoms with Gasteiger partial charge in [-0.05, 0) is 0 Å². The van der Waals surface area contributed by atoms with Crippen LogP contribution in [0.25, 0.3) is 0 Å². The van der Waals surface area contributed by atoms with E-state index in [1.165, 1.54) is 0 Å². The Bertz CT molecular complexity index is 634. The van der Waals surface area contributed by atoms with E-state index >= 15 is 0 Å². The average molecular weight is 344 g/mol. The van der Waals surface area contributed by atoms with Crippen LogP contribution in [0.15, 0.2) is 30.3 Å². The number of rotatable bonds is 5. The Morgan fingerprint density at radius 1 is 1.04 bits per heavy atom. The molecule has 3 rings (SSSR count). The molecule has 2 heterocycles. The first-order valence-electron chi connectivity index (χ1n) is 8.00. The number of fused-ring (bicyclic) bond motifs is 1. The Kier molecular flexibility index (Phi) is 6.06. The first kappa shape index (κ1) is 17.9. The van der Waals surface area contributed by atoms with Gasteiger partial charge in [0, 0.05) is 5.56 Å². The molecule has 0 spiro atoms. The smallest absolute Gasteiger partial charge is 0.184 e. The predicted octanol–water partition coefficient (Wildman–Crippen LogP) is 0.855. The maximum atomic E-state index is 10.2. The van der Waals surface area contributed by atoms with E-state index in [0.29, 0.717) is 0 Å². The van der Waals surface area contributed by atoms with E-state index in [-0.39, 0.29) is 19.8 Å². The molecule has 0 aliphatic carbocycles. The number of aliphatic hydroxyl groups is 1. The van der Waals surface area contributed by atoms with Crippen molar-refractivity contribution in [2.24, 2.45) is 0 Å². The van der Waals surface area contributed by atoms with Gasteiger partial charge in [-0.1, -0.05) is 42.2 Å². The lowest BCUT2D eigenvalue weighted by molar-refractivity contribution is -0.362. The molecule has 6 nitrogen and oxygen atoms in total. The molecule has 0 bridgehead atoms. The Morgan fingerprint density at radius 3 is 2.40 bits per heavy atom. The Hall–Kier alpha value is -1.90. The SMILES string of the molecule is C#CCO[C@@H]1[C@@H](OCC#C)[C@@H](O)O[C@@H]2COC(c3ccccc3)O[C@@H]12. The summed E-state index contributed by atoms with van der Waals surface area (Å²) in [4.78, 5) is 0. The second kappa shape index (κ2) is 8.46. The summed E-state index contributed by atoms with van der Waals surface area (Å²) in [5.74, 6) is 4.79. The number of hydrogen-bond acceptors (Lipinski definition) is 6. The average Bonchev–Trinajstić information content (AvgIpc) is 2.65. The standard InChI is InChI=1S/C19H20O6/c1-3-10-21-16-15-14(24-18(20)17(16)22-11-4-2)12-23-19(25-15)13-8-6-5-7-9-13/h1-2,5-9,14-20H,10-12H2/t14-,15-,16+,17-,18+,19?/m1/s1. The van der Waals surface area contributed by atoms with E-state index in [2.05, 4.69) is 11.8 Å². The van der Waals surface area contributed by atoms with Crippen LogP contribution in [0.2, 0.25) is 0 Å². The fraction of sp³-hybridized carbons (Fsp3) is 0.474. The van der Waals surface area contributed by atoms with Gasteiger partial charge in [0.05, 0.1) is 6.61 Å². The van der Waals surface area contributed by atoms with Gasteiger partial charge >= 0.3 is 0 Å². The van der Waals surface area contributed by atoms with Gasteiger partial charge in [0.25, 0.3) is 0 Å². The van der Waals surface area contributed by atoms with Crippen molar-refractivity contribution >= 4 is 0 Å². The van der Waals surface area contributed by atoms with Crippen LogP contribution in [-0.2, 0) is 23.7 Å². The van der Waals surface area contributed by atoms with Crippen molar-refractivity contribution in [3.63, 3.8) is 0 Å². The molecule has 0 radical (unpaired) electrons. The third-order valence-corrected chi connectivity index (χ3v) is 4.09. The van der Waals surface area contributed by atoms with E-state index in [4.69, 9.17) is 36.5 Å². The summed E-state index contributed by atoms with van der Waals surface area (Å²) in [5, 5.41) is 10.2. The van der Waals surface area contributed by atoms with Crippen LogP contribution in [0.4, 0.5) is 0 Å². The second-order valence-corrected chi connectivity index (χ2v) is 5.70. The molecule has 6 atom stereocenters. The number of ether oxygens (including phenoxy) is 5. The topological polar surface area (TPSA) is 66.4 Å². The molecule has 1 unspecified atom stereocenters. The minimum Gasteiger partial charge on any atom is -0.366 e. The lowest BCUT2D eigenvalue weighted by Crippen LogP contribution is -2.63. The molecule has 132 valence electrons. The summed E-state index contributed by atoms with van der Waals surface area (Å²) in [6, 6.07) is 9.54. The molecule has 0 saturated carbocycles. The van der Waals surface area contributed by atoms with Crippen LogP contribution < -0.4 is 0 Å². The van der Waals surface area contributed by atoms with Gasteiger partial charge in [0.2, 0.25) is 0 Å². The molecule has 25 heavy (non-hydrogen) atoms. The quantitative estimate of drug-likeness (QED) is 0.799. The maximum absolute atomic E-state index is 10.2. The number of aliphatic hydroxyl groups excluding tert-OH is 1. The molecule has 1 aromatic rings. The second-order valence-electron chi connectivity index (χ2n) is 5.70. The van der Waals surface area contributed by atoms with Crippen molar-refractivity contribution in [2.45, 2.75) is 37.0 Å². The molecule has 6 heteroatoms. The third kappa shape index (κ3) is 4.02. The predicted molar refractivity (Wildman–Crippen MR) is 88.0 cm³/mol.